The minimum absolute atomic E-state index is 0.0261. The summed E-state index contributed by atoms with van der Waals surface area (Å²) in [5.41, 5.74) is 1.79. The van der Waals surface area contributed by atoms with E-state index in [0.717, 1.165) is 30.0 Å². The molecule has 2 aromatic carbocycles. The molecule has 1 aliphatic heterocycles. The molecular weight excluding hydrogens is 508 g/mol. The van der Waals surface area contributed by atoms with E-state index in [4.69, 9.17) is 33.2 Å². The van der Waals surface area contributed by atoms with Crippen LogP contribution in [-0.2, 0) is 28.5 Å². The first-order valence-corrected chi connectivity index (χ1v) is 12.9. The average Bonchev–Trinajstić information content (AvgIpc) is 2.96. The molecule has 39 heavy (non-hydrogen) atoms. The van der Waals surface area contributed by atoms with Crippen molar-refractivity contribution in [3.8, 4) is 11.5 Å². The number of esters is 1. The zero-order valence-electron chi connectivity index (χ0n) is 22.0. The van der Waals surface area contributed by atoms with Crippen LogP contribution in [0, 0.1) is 0 Å². The maximum atomic E-state index is 11.9. The summed E-state index contributed by atoms with van der Waals surface area (Å²) in [7, 11) is 0. The van der Waals surface area contributed by atoms with Gasteiger partial charge in [-0.3, -0.25) is 0 Å². The van der Waals surface area contributed by atoms with Crippen LogP contribution in [0.25, 0.3) is 0 Å². The van der Waals surface area contributed by atoms with Crippen LogP contribution in [0.1, 0.15) is 55.9 Å². The number of benzene rings is 2. The lowest BCUT2D eigenvalue weighted by molar-refractivity contribution is -0.191. The van der Waals surface area contributed by atoms with Gasteiger partial charge in [-0.05, 0) is 49.1 Å². The van der Waals surface area contributed by atoms with E-state index in [1.807, 2.05) is 19.1 Å². The van der Waals surface area contributed by atoms with Crippen molar-refractivity contribution < 1.29 is 47.5 Å². The van der Waals surface area contributed by atoms with Crippen LogP contribution >= 0.6 is 0 Å². The minimum Gasteiger partial charge on any atom is -0.463 e. The van der Waals surface area contributed by atoms with Crippen LogP contribution in [0.15, 0.2) is 61.2 Å². The van der Waals surface area contributed by atoms with Gasteiger partial charge in [0.2, 0.25) is 0 Å². The molecule has 3 rings (SSSR count). The van der Waals surface area contributed by atoms with Crippen LogP contribution < -0.4 is 9.47 Å². The molecule has 0 aromatic heterocycles. The van der Waals surface area contributed by atoms with Gasteiger partial charge in [-0.2, -0.15) is 0 Å². The largest absolute Gasteiger partial charge is 0.513 e. The smallest absolute Gasteiger partial charge is 0.463 e. The highest BCUT2D eigenvalue weighted by molar-refractivity contribution is 5.81. The van der Waals surface area contributed by atoms with Gasteiger partial charge in [0.05, 0.1) is 33.0 Å². The molecule has 2 aromatic rings. The summed E-state index contributed by atoms with van der Waals surface area (Å²) in [5, 5.41) is 0. The van der Waals surface area contributed by atoms with Gasteiger partial charge in [0.1, 0.15) is 11.5 Å². The molecule has 0 spiro atoms. The molecule has 10 heteroatoms. The molecule has 0 aliphatic carbocycles. The van der Waals surface area contributed by atoms with Crippen molar-refractivity contribution in [1.82, 2.24) is 0 Å². The third-order valence-corrected chi connectivity index (χ3v) is 5.69. The third kappa shape index (κ3) is 10.4. The first-order valence-electron chi connectivity index (χ1n) is 12.9. The lowest BCUT2D eigenvalue weighted by atomic mass is 10.00. The zero-order valence-corrected chi connectivity index (χ0v) is 22.0. The fourth-order valence-electron chi connectivity index (χ4n) is 3.53. The summed E-state index contributed by atoms with van der Waals surface area (Å²) < 4.78 is 37.0. The highest BCUT2D eigenvalue weighted by Gasteiger charge is 2.25. The molecule has 0 N–H and O–H groups in total. The van der Waals surface area contributed by atoms with E-state index in [9.17, 15) is 14.4 Å². The Morgan fingerprint density at radius 2 is 1.26 bits per heavy atom. The predicted octanol–water partition coefficient (Wildman–Crippen LogP) is 5.86. The van der Waals surface area contributed by atoms with Crippen LogP contribution in [0.3, 0.4) is 0 Å². The van der Waals surface area contributed by atoms with Crippen molar-refractivity contribution in [2.75, 3.05) is 33.0 Å². The topological polar surface area (TPSA) is 116 Å². The second kappa shape index (κ2) is 16.2. The summed E-state index contributed by atoms with van der Waals surface area (Å²) in [6.45, 7) is 6.94. The van der Waals surface area contributed by atoms with Crippen LogP contribution in [-0.4, -0.2) is 51.3 Å². The Kier molecular flexibility index (Phi) is 12.3. The SMILES string of the molecule is C=CC(=O)OCCCCOC(=O)Oc1ccc(C2OCC(c3ccc(OC(=O)OCCCC)cc3)CO2)cc1. The molecule has 1 aliphatic rings. The van der Waals surface area contributed by atoms with Crippen molar-refractivity contribution in [1.29, 1.82) is 0 Å². The average molecular weight is 543 g/mol. The molecule has 0 saturated carbocycles. The van der Waals surface area contributed by atoms with Gasteiger partial charge in [-0.1, -0.05) is 44.2 Å². The summed E-state index contributed by atoms with van der Waals surface area (Å²) in [6.07, 6.45) is 1.84. The molecule has 0 bridgehead atoms. The second-order valence-electron chi connectivity index (χ2n) is 8.67. The van der Waals surface area contributed by atoms with E-state index in [1.165, 1.54) is 0 Å². The molecule has 0 unspecified atom stereocenters. The molecule has 1 saturated heterocycles. The van der Waals surface area contributed by atoms with Crippen molar-refractivity contribution in [3.05, 3.63) is 72.3 Å². The Morgan fingerprint density at radius 1 is 0.769 bits per heavy atom. The summed E-state index contributed by atoms with van der Waals surface area (Å²) >= 11 is 0. The quantitative estimate of drug-likeness (QED) is 0.100. The Balaban J connectivity index is 1.36. The van der Waals surface area contributed by atoms with Crippen molar-refractivity contribution in [2.24, 2.45) is 0 Å². The maximum Gasteiger partial charge on any atom is 0.513 e. The van der Waals surface area contributed by atoms with E-state index in [-0.39, 0.29) is 19.1 Å². The van der Waals surface area contributed by atoms with Crippen molar-refractivity contribution in [2.45, 2.75) is 44.8 Å². The molecule has 10 nitrogen and oxygen atoms in total. The number of unbranched alkanes of at least 4 members (excludes halogenated alkanes) is 2. The van der Waals surface area contributed by atoms with E-state index in [2.05, 4.69) is 6.58 Å². The molecular formula is C29H34O10. The van der Waals surface area contributed by atoms with E-state index < -0.39 is 24.6 Å². The molecule has 0 atom stereocenters. The van der Waals surface area contributed by atoms with E-state index in [0.29, 0.717) is 44.2 Å². The van der Waals surface area contributed by atoms with Gasteiger partial charge >= 0.3 is 18.3 Å². The number of hydrogen-bond acceptors (Lipinski definition) is 10. The van der Waals surface area contributed by atoms with Gasteiger partial charge < -0.3 is 33.2 Å². The Labute approximate surface area is 227 Å². The normalized spacial score (nSPS) is 16.5. The van der Waals surface area contributed by atoms with Crippen LogP contribution in [0.5, 0.6) is 11.5 Å². The fourth-order valence-corrected chi connectivity index (χ4v) is 3.53. The lowest BCUT2D eigenvalue weighted by Gasteiger charge is -2.30. The first-order chi connectivity index (χ1) is 19.0. The van der Waals surface area contributed by atoms with Crippen LogP contribution in [0.2, 0.25) is 0 Å². The fraction of sp³-hybridized carbons (Fsp3) is 0.414. The van der Waals surface area contributed by atoms with Gasteiger partial charge in [0, 0.05) is 17.6 Å². The highest BCUT2D eigenvalue weighted by Crippen LogP contribution is 2.31. The molecule has 1 heterocycles. The van der Waals surface area contributed by atoms with Gasteiger partial charge in [0.25, 0.3) is 0 Å². The number of hydrogen-bond donors (Lipinski definition) is 0. The first kappa shape index (κ1) is 29.7. The Hall–Kier alpha value is -3.89. The summed E-state index contributed by atoms with van der Waals surface area (Å²) in [4.78, 5) is 34.5. The Bertz CT molecular complexity index is 1060. The molecule has 1 fully saturated rings. The summed E-state index contributed by atoms with van der Waals surface area (Å²) in [5.74, 6) is 0.281. The van der Waals surface area contributed by atoms with Gasteiger partial charge in [0.15, 0.2) is 6.29 Å². The number of rotatable bonds is 13. The van der Waals surface area contributed by atoms with E-state index in [1.54, 1.807) is 36.4 Å². The second-order valence-corrected chi connectivity index (χ2v) is 8.67. The molecule has 0 amide bonds. The number of carbonyl (C=O) groups is 3. The summed E-state index contributed by atoms with van der Waals surface area (Å²) in [6, 6.07) is 14.0. The van der Waals surface area contributed by atoms with Crippen LogP contribution in [0.4, 0.5) is 9.59 Å². The third-order valence-electron chi connectivity index (χ3n) is 5.69. The molecule has 0 radical (unpaired) electrons. The molecule has 210 valence electrons. The number of carbonyl (C=O) groups excluding carboxylic acids is 3. The van der Waals surface area contributed by atoms with Gasteiger partial charge in [-0.15, -0.1) is 0 Å². The minimum atomic E-state index is -0.816. The standard InChI is InChI=1S/C29H34O10/c1-3-5-16-34-28(31)38-24-12-8-21(9-13-24)23-19-36-27(37-20-23)22-10-14-25(15-11-22)39-29(32)35-18-7-6-17-33-26(30)4-2/h4,8-15,23,27H,2-3,5-7,16-20H2,1H3. The Morgan fingerprint density at radius 3 is 1.77 bits per heavy atom. The number of ether oxygens (including phenoxy) is 7. The lowest BCUT2D eigenvalue weighted by Crippen LogP contribution is -2.25. The maximum absolute atomic E-state index is 11.9. The zero-order chi connectivity index (χ0) is 27.9. The highest BCUT2D eigenvalue weighted by atomic mass is 16.7. The van der Waals surface area contributed by atoms with Crippen molar-refractivity contribution >= 4 is 18.3 Å². The van der Waals surface area contributed by atoms with Gasteiger partial charge in [-0.25, -0.2) is 14.4 Å². The van der Waals surface area contributed by atoms with Crippen molar-refractivity contribution in [3.63, 3.8) is 0 Å². The monoisotopic (exact) mass is 542 g/mol. The van der Waals surface area contributed by atoms with E-state index >= 15 is 0 Å². The predicted molar refractivity (Wildman–Crippen MR) is 140 cm³/mol.